The van der Waals surface area contributed by atoms with E-state index in [0.29, 0.717) is 10.6 Å². The summed E-state index contributed by atoms with van der Waals surface area (Å²) in [6.45, 7) is 6.20. The molecule has 0 aromatic heterocycles. The van der Waals surface area contributed by atoms with Crippen LogP contribution in [-0.2, 0) is 16.4 Å². The summed E-state index contributed by atoms with van der Waals surface area (Å²) in [5.41, 5.74) is 2.80. The topological polar surface area (TPSA) is 46.2 Å². The van der Waals surface area contributed by atoms with Crippen LogP contribution in [0.4, 0.5) is 5.69 Å². The van der Waals surface area contributed by atoms with Crippen molar-refractivity contribution >= 4 is 15.7 Å². The molecule has 0 heterocycles. The van der Waals surface area contributed by atoms with Gasteiger partial charge in [-0.15, -0.1) is 0 Å². The molecule has 4 heteroatoms. The summed E-state index contributed by atoms with van der Waals surface area (Å²) >= 11 is 0. The SMILES string of the molecule is CCCc1ccc(S(=O)(=O)Nc2ccccc2C(C)C)cc1. The summed E-state index contributed by atoms with van der Waals surface area (Å²) in [6.07, 6.45) is 2.01. The number of nitrogens with one attached hydrogen (secondary N) is 1. The second kappa shape index (κ2) is 6.97. The number of aryl methyl sites for hydroxylation is 1. The van der Waals surface area contributed by atoms with Gasteiger partial charge in [-0.2, -0.15) is 0 Å². The highest BCUT2D eigenvalue weighted by atomic mass is 32.2. The Morgan fingerprint density at radius 3 is 2.23 bits per heavy atom. The van der Waals surface area contributed by atoms with Crippen LogP contribution in [0.25, 0.3) is 0 Å². The minimum atomic E-state index is -3.55. The van der Waals surface area contributed by atoms with Gasteiger partial charge in [-0.3, -0.25) is 4.72 Å². The first kappa shape index (κ1) is 16.6. The first-order chi connectivity index (χ1) is 10.4. The van der Waals surface area contributed by atoms with E-state index in [1.54, 1.807) is 18.2 Å². The van der Waals surface area contributed by atoms with Crippen LogP contribution in [-0.4, -0.2) is 8.42 Å². The highest BCUT2D eigenvalue weighted by molar-refractivity contribution is 7.92. The van der Waals surface area contributed by atoms with Crippen molar-refractivity contribution in [1.82, 2.24) is 0 Å². The maximum absolute atomic E-state index is 12.5. The van der Waals surface area contributed by atoms with Gasteiger partial charge in [0, 0.05) is 0 Å². The molecule has 0 spiro atoms. The van der Waals surface area contributed by atoms with Crippen LogP contribution in [0.15, 0.2) is 53.4 Å². The van der Waals surface area contributed by atoms with Gasteiger partial charge < -0.3 is 0 Å². The van der Waals surface area contributed by atoms with Crippen LogP contribution in [0.5, 0.6) is 0 Å². The van der Waals surface area contributed by atoms with Crippen molar-refractivity contribution in [2.75, 3.05) is 4.72 Å². The van der Waals surface area contributed by atoms with E-state index in [1.807, 2.05) is 44.2 Å². The second-order valence-electron chi connectivity index (χ2n) is 5.74. The van der Waals surface area contributed by atoms with Crippen LogP contribution in [0.2, 0.25) is 0 Å². The molecule has 0 bridgehead atoms. The zero-order valence-electron chi connectivity index (χ0n) is 13.3. The van der Waals surface area contributed by atoms with Crippen LogP contribution < -0.4 is 4.72 Å². The monoisotopic (exact) mass is 317 g/mol. The molecule has 0 amide bonds. The van der Waals surface area contributed by atoms with Gasteiger partial charge in [0.2, 0.25) is 0 Å². The van der Waals surface area contributed by atoms with Crippen molar-refractivity contribution in [3.63, 3.8) is 0 Å². The fraction of sp³-hybridized carbons (Fsp3) is 0.333. The molecule has 0 radical (unpaired) electrons. The number of anilines is 1. The third-order valence-electron chi connectivity index (χ3n) is 3.60. The number of rotatable bonds is 6. The van der Waals surface area contributed by atoms with Gasteiger partial charge in [-0.05, 0) is 41.7 Å². The molecule has 0 unspecified atom stereocenters. The maximum atomic E-state index is 12.5. The molecule has 0 aliphatic heterocycles. The number of para-hydroxylation sites is 1. The van der Waals surface area contributed by atoms with Crippen molar-refractivity contribution < 1.29 is 8.42 Å². The van der Waals surface area contributed by atoms with E-state index in [0.717, 1.165) is 24.0 Å². The van der Waals surface area contributed by atoms with Crippen molar-refractivity contribution in [2.24, 2.45) is 0 Å². The molecule has 118 valence electrons. The molecule has 1 N–H and O–H groups in total. The fourth-order valence-corrected chi connectivity index (χ4v) is 3.51. The zero-order chi connectivity index (χ0) is 16.2. The Bertz CT molecular complexity index is 719. The summed E-state index contributed by atoms with van der Waals surface area (Å²) in [6, 6.07) is 14.6. The third kappa shape index (κ3) is 3.89. The Morgan fingerprint density at radius 1 is 1.00 bits per heavy atom. The lowest BCUT2D eigenvalue weighted by atomic mass is 10.0. The Morgan fingerprint density at radius 2 is 1.64 bits per heavy atom. The molecule has 2 rings (SSSR count). The van der Waals surface area contributed by atoms with E-state index in [9.17, 15) is 8.42 Å². The van der Waals surface area contributed by atoms with Crippen molar-refractivity contribution in [3.8, 4) is 0 Å². The molecule has 0 saturated carbocycles. The summed E-state index contributed by atoms with van der Waals surface area (Å²) in [7, 11) is -3.55. The largest absolute Gasteiger partial charge is 0.279 e. The van der Waals surface area contributed by atoms with Gasteiger partial charge >= 0.3 is 0 Å². The summed E-state index contributed by atoms with van der Waals surface area (Å²) in [4.78, 5) is 0.297. The Labute approximate surface area is 133 Å². The Balaban J connectivity index is 2.28. The molecule has 0 atom stereocenters. The molecule has 0 fully saturated rings. The predicted molar refractivity (Wildman–Crippen MR) is 91.8 cm³/mol. The minimum absolute atomic E-state index is 0.255. The molecule has 2 aromatic rings. The first-order valence-corrected chi connectivity index (χ1v) is 9.13. The molecular formula is C18H23NO2S. The van der Waals surface area contributed by atoms with Gasteiger partial charge in [-0.1, -0.05) is 57.5 Å². The quantitative estimate of drug-likeness (QED) is 0.848. The van der Waals surface area contributed by atoms with E-state index in [2.05, 4.69) is 11.6 Å². The highest BCUT2D eigenvalue weighted by Gasteiger charge is 2.16. The Hall–Kier alpha value is -1.81. The van der Waals surface area contributed by atoms with Gasteiger partial charge in [0.05, 0.1) is 10.6 Å². The van der Waals surface area contributed by atoms with Crippen molar-refractivity contribution in [1.29, 1.82) is 0 Å². The molecule has 0 aliphatic rings. The number of benzene rings is 2. The van der Waals surface area contributed by atoms with Crippen LogP contribution in [0.1, 0.15) is 44.2 Å². The third-order valence-corrected chi connectivity index (χ3v) is 4.98. The average molecular weight is 317 g/mol. The molecule has 22 heavy (non-hydrogen) atoms. The first-order valence-electron chi connectivity index (χ1n) is 7.64. The standard InChI is InChI=1S/C18H23NO2S/c1-4-7-15-10-12-16(13-11-15)22(20,21)19-18-9-6-5-8-17(18)14(2)3/h5-6,8-14,19H,4,7H2,1-3H3. The smallest absolute Gasteiger partial charge is 0.261 e. The van der Waals surface area contributed by atoms with E-state index >= 15 is 0 Å². The van der Waals surface area contributed by atoms with Crippen LogP contribution in [0.3, 0.4) is 0 Å². The van der Waals surface area contributed by atoms with Gasteiger partial charge in [0.15, 0.2) is 0 Å². The lowest BCUT2D eigenvalue weighted by molar-refractivity contribution is 0.601. The minimum Gasteiger partial charge on any atom is -0.279 e. The molecule has 3 nitrogen and oxygen atoms in total. The molecule has 0 aliphatic carbocycles. The molecular weight excluding hydrogens is 294 g/mol. The molecule has 0 saturated heterocycles. The van der Waals surface area contributed by atoms with Gasteiger partial charge in [0.25, 0.3) is 10.0 Å². The summed E-state index contributed by atoms with van der Waals surface area (Å²) in [5, 5.41) is 0. The average Bonchev–Trinajstić information content (AvgIpc) is 2.48. The maximum Gasteiger partial charge on any atom is 0.261 e. The lowest BCUT2D eigenvalue weighted by Crippen LogP contribution is -2.14. The van der Waals surface area contributed by atoms with Crippen molar-refractivity contribution in [2.45, 2.75) is 44.4 Å². The number of sulfonamides is 1. The number of hydrogen-bond donors (Lipinski definition) is 1. The molecule has 2 aromatic carbocycles. The number of hydrogen-bond acceptors (Lipinski definition) is 2. The Kier molecular flexibility index (Phi) is 5.24. The van der Waals surface area contributed by atoms with Gasteiger partial charge in [0.1, 0.15) is 0 Å². The van der Waals surface area contributed by atoms with Crippen LogP contribution in [0, 0.1) is 0 Å². The zero-order valence-corrected chi connectivity index (χ0v) is 14.2. The van der Waals surface area contributed by atoms with E-state index in [1.165, 1.54) is 0 Å². The normalized spacial score (nSPS) is 11.6. The van der Waals surface area contributed by atoms with E-state index in [-0.39, 0.29) is 5.92 Å². The summed E-state index contributed by atoms with van der Waals surface area (Å²) < 4.78 is 27.8. The van der Waals surface area contributed by atoms with Crippen molar-refractivity contribution in [3.05, 3.63) is 59.7 Å². The van der Waals surface area contributed by atoms with E-state index < -0.39 is 10.0 Å². The highest BCUT2D eigenvalue weighted by Crippen LogP contribution is 2.26. The van der Waals surface area contributed by atoms with Gasteiger partial charge in [-0.25, -0.2) is 8.42 Å². The lowest BCUT2D eigenvalue weighted by Gasteiger charge is -2.15. The fourth-order valence-electron chi connectivity index (χ4n) is 2.42. The second-order valence-corrected chi connectivity index (χ2v) is 7.42. The van der Waals surface area contributed by atoms with E-state index in [4.69, 9.17) is 0 Å². The summed E-state index contributed by atoms with van der Waals surface area (Å²) in [5.74, 6) is 0.255. The predicted octanol–water partition coefficient (Wildman–Crippen LogP) is 4.56. The van der Waals surface area contributed by atoms with Crippen LogP contribution >= 0.6 is 0 Å².